The topological polar surface area (TPSA) is 0 Å². The Morgan fingerprint density at radius 3 is 1.36 bits per heavy atom. The van der Waals surface area contributed by atoms with Gasteiger partial charge in [0.1, 0.15) is 0 Å². The minimum atomic E-state index is 1.88. The Labute approximate surface area is 70.6 Å². The standard InChI is InChI=1S/C7H6.2C2H6/c1-2-4-6-7-5-3-1;2*1-2/h1-6H;2*1-2H3. The molecule has 62 valence electrons. The van der Waals surface area contributed by atoms with Crippen molar-refractivity contribution in [1.82, 2.24) is 0 Å². The quantitative estimate of drug-likeness (QED) is 0.460. The van der Waals surface area contributed by atoms with Crippen LogP contribution in [0.1, 0.15) is 27.7 Å². The maximum absolute atomic E-state index is 2.92. The van der Waals surface area contributed by atoms with Gasteiger partial charge in [-0.2, -0.15) is 0 Å². The van der Waals surface area contributed by atoms with Crippen molar-refractivity contribution < 1.29 is 0 Å². The highest BCUT2D eigenvalue weighted by Crippen LogP contribution is 1.83. The fraction of sp³-hybridized carbons (Fsp3) is 0.364. The Morgan fingerprint density at radius 2 is 1.00 bits per heavy atom. The molecular formula is C11H18. The van der Waals surface area contributed by atoms with Crippen LogP contribution in [0, 0.1) is 0 Å². The molecule has 1 aliphatic rings. The minimum absolute atomic E-state index is 1.88. The van der Waals surface area contributed by atoms with Gasteiger partial charge < -0.3 is 0 Å². The lowest BCUT2D eigenvalue weighted by Gasteiger charge is -1.60. The summed E-state index contributed by atoms with van der Waals surface area (Å²) in [4.78, 5) is 0. The molecule has 0 heterocycles. The molecule has 0 nitrogen and oxygen atoms in total. The van der Waals surface area contributed by atoms with E-state index in [1.807, 2.05) is 64.2 Å². The van der Waals surface area contributed by atoms with Crippen LogP contribution in [0.4, 0.5) is 0 Å². The van der Waals surface area contributed by atoms with Crippen molar-refractivity contribution in [1.29, 1.82) is 0 Å². The molecule has 0 aromatic carbocycles. The highest BCUT2D eigenvalue weighted by Gasteiger charge is 1.62. The van der Waals surface area contributed by atoms with Crippen LogP contribution in [0.15, 0.2) is 42.2 Å². The molecule has 0 bridgehead atoms. The summed E-state index contributed by atoms with van der Waals surface area (Å²) >= 11 is 0. The highest BCUT2D eigenvalue weighted by atomic mass is 13.7. The monoisotopic (exact) mass is 150 g/mol. The van der Waals surface area contributed by atoms with E-state index in [9.17, 15) is 0 Å². The van der Waals surface area contributed by atoms with Crippen molar-refractivity contribution in [2.45, 2.75) is 27.7 Å². The van der Waals surface area contributed by atoms with Crippen LogP contribution in [0.5, 0.6) is 0 Å². The summed E-state index contributed by atoms with van der Waals surface area (Å²) in [7, 11) is 0. The fourth-order valence-corrected chi connectivity index (χ4v) is 0.406. The van der Waals surface area contributed by atoms with Gasteiger partial charge in [-0.15, -0.1) is 5.73 Å². The molecule has 0 saturated carbocycles. The van der Waals surface area contributed by atoms with Gasteiger partial charge in [0.05, 0.1) is 0 Å². The van der Waals surface area contributed by atoms with Crippen LogP contribution >= 0.6 is 0 Å². The van der Waals surface area contributed by atoms with Gasteiger partial charge in [-0.1, -0.05) is 52.0 Å². The van der Waals surface area contributed by atoms with Gasteiger partial charge in [-0.25, -0.2) is 0 Å². The second kappa shape index (κ2) is 16.0. The lowest BCUT2D eigenvalue weighted by Crippen LogP contribution is -1.40. The lowest BCUT2D eigenvalue weighted by molar-refractivity contribution is 1.50. The SMILES string of the molecule is C1=CC=CC=CC=1.CC.CC. The third-order valence-electron chi connectivity index (χ3n) is 0.718. The van der Waals surface area contributed by atoms with E-state index in [1.165, 1.54) is 0 Å². The minimum Gasteiger partial charge on any atom is -0.121 e. The molecule has 0 fully saturated rings. The van der Waals surface area contributed by atoms with Gasteiger partial charge in [-0.3, -0.25) is 0 Å². The van der Waals surface area contributed by atoms with E-state index >= 15 is 0 Å². The number of hydrogen-bond acceptors (Lipinski definition) is 0. The average molecular weight is 150 g/mol. The summed E-state index contributed by atoms with van der Waals surface area (Å²) in [6.45, 7) is 8.00. The second-order valence-electron chi connectivity index (χ2n) is 1.27. The van der Waals surface area contributed by atoms with Crippen LogP contribution in [-0.4, -0.2) is 0 Å². The molecule has 0 aromatic heterocycles. The summed E-state index contributed by atoms with van der Waals surface area (Å²) in [5, 5.41) is 0. The van der Waals surface area contributed by atoms with E-state index in [1.54, 1.807) is 0 Å². The summed E-state index contributed by atoms with van der Waals surface area (Å²) in [5.74, 6) is 0. The molecule has 0 saturated heterocycles. The molecule has 0 aromatic rings. The third-order valence-corrected chi connectivity index (χ3v) is 0.718. The van der Waals surface area contributed by atoms with Crippen LogP contribution < -0.4 is 0 Å². The van der Waals surface area contributed by atoms with E-state index in [4.69, 9.17) is 0 Å². The number of hydrogen-bond donors (Lipinski definition) is 0. The predicted octanol–water partition coefficient (Wildman–Crippen LogP) is 3.88. The smallest absolute Gasteiger partial charge is 0.0200 e. The normalized spacial score (nSPS) is 10.5. The molecule has 1 rings (SSSR count). The van der Waals surface area contributed by atoms with Gasteiger partial charge in [-0.05, 0) is 12.2 Å². The second-order valence-corrected chi connectivity index (χ2v) is 1.27. The van der Waals surface area contributed by atoms with Crippen molar-refractivity contribution in [3.63, 3.8) is 0 Å². The zero-order chi connectivity index (χ0) is 8.95. The molecule has 0 amide bonds. The van der Waals surface area contributed by atoms with Gasteiger partial charge in [0, 0.05) is 0 Å². The predicted molar refractivity (Wildman–Crippen MR) is 53.6 cm³/mol. The van der Waals surface area contributed by atoms with Crippen molar-refractivity contribution in [2.24, 2.45) is 0 Å². The molecule has 0 radical (unpaired) electrons. The Hall–Kier alpha value is -1.00. The lowest BCUT2D eigenvalue weighted by atomic mass is 10.5. The molecule has 0 atom stereocenters. The molecule has 0 unspecified atom stereocenters. The van der Waals surface area contributed by atoms with Gasteiger partial charge in [0.15, 0.2) is 0 Å². The first-order valence-electron chi connectivity index (χ1n) is 4.24. The summed E-state index contributed by atoms with van der Waals surface area (Å²) in [6.07, 6.45) is 11.6. The van der Waals surface area contributed by atoms with Crippen molar-refractivity contribution >= 4 is 0 Å². The first-order chi connectivity index (χ1) is 5.50. The van der Waals surface area contributed by atoms with E-state index in [0.29, 0.717) is 0 Å². The molecule has 0 heteroatoms. The van der Waals surface area contributed by atoms with Crippen molar-refractivity contribution in [3.8, 4) is 0 Å². The van der Waals surface area contributed by atoms with Gasteiger partial charge in [0.25, 0.3) is 0 Å². The first-order valence-corrected chi connectivity index (χ1v) is 4.24. The van der Waals surface area contributed by atoms with Crippen molar-refractivity contribution in [2.75, 3.05) is 0 Å². The summed E-state index contributed by atoms with van der Waals surface area (Å²) in [5.41, 5.74) is 2.92. The van der Waals surface area contributed by atoms with Crippen LogP contribution in [0.2, 0.25) is 0 Å². The largest absolute Gasteiger partial charge is 0.121 e. The van der Waals surface area contributed by atoms with Gasteiger partial charge in [0.2, 0.25) is 0 Å². The Kier molecular flexibility index (Phi) is 18.4. The first kappa shape index (κ1) is 12.7. The zero-order valence-electron chi connectivity index (χ0n) is 7.96. The Morgan fingerprint density at radius 1 is 0.636 bits per heavy atom. The van der Waals surface area contributed by atoms with Crippen molar-refractivity contribution in [3.05, 3.63) is 42.2 Å². The molecule has 1 aliphatic carbocycles. The maximum Gasteiger partial charge on any atom is -0.0200 e. The van der Waals surface area contributed by atoms with Crippen LogP contribution in [0.3, 0.4) is 0 Å². The highest BCUT2D eigenvalue weighted by molar-refractivity contribution is 5.19. The third kappa shape index (κ3) is 12.2. The average Bonchev–Trinajstić information content (AvgIpc) is 2.42. The molecule has 0 N–H and O–H groups in total. The molecular weight excluding hydrogens is 132 g/mol. The maximum atomic E-state index is 2.92. The van der Waals surface area contributed by atoms with E-state index in [2.05, 4.69) is 5.73 Å². The molecule has 0 aliphatic heterocycles. The Bertz CT molecular complexity index is 137. The van der Waals surface area contributed by atoms with E-state index in [-0.39, 0.29) is 0 Å². The van der Waals surface area contributed by atoms with E-state index < -0.39 is 0 Å². The molecule has 11 heavy (non-hydrogen) atoms. The summed E-state index contributed by atoms with van der Waals surface area (Å²) < 4.78 is 0. The molecule has 0 spiro atoms. The van der Waals surface area contributed by atoms with Crippen LogP contribution in [0.25, 0.3) is 0 Å². The number of allylic oxidation sites excluding steroid dienone is 5. The fourth-order valence-electron chi connectivity index (χ4n) is 0.406. The Balaban J connectivity index is 0. The van der Waals surface area contributed by atoms with E-state index in [0.717, 1.165) is 0 Å². The number of rotatable bonds is 0. The van der Waals surface area contributed by atoms with Gasteiger partial charge >= 0.3 is 0 Å². The summed E-state index contributed by atoms with van der Waals surface area (Å²) in [6, 6.07) is 0. The zero-order valence-corrected chi connectivity index (χ0v) is 7.96. The van der Waals surface area contributed by atoms with Crippen LogP contribution in [-0.2, 0) is 0 Å².